The molecular formula is C15H18FNO4S3. The van der Waals surface area contributed by atoms with Gasteiger partial charge in [-0.2, -0.15) is 0 Å². The lowest BCUT2D eigenvalue weighted by Gasteiger charge is -2.18. The van der Waals surface area contributed by atoms with E-state index in [9.17, 15) is 21.2 Å². The van der Waals surface area contributed by atoms with Gasteiger partial charge < -0.3 is 0 Å². The largest absolute Gasteiger partial charge is 0.222 e. The van der Waals surface area contributed by atoms with Crippen molar-refractivity contribution in [1.82, 2.24) is 4.72 Å². The van der Waals surface area contributed by atoms with Crippen molar-refractivity contribution in [1.29, 1.82) is 0 Å². The van der Waals surface area contributed by atoms with Crippen molar-refractivity contribution in [2.45, 2.75) is 22.8 Å². The minimum absolute atomic E-state index is 0.0812. The van der Waals surface area contributed by atoms with Crippen molar-refractivity contribution in [3.63, 3.8) is 0 Å². The van der Waals surface area contributed by atoms with Gasteiger partial charge in [0, 0.05) is 6.54 Å². The molecule has 0 aliphatic heterocycles. The Morgan fingerprint density at radius 1 is 1.12 bits per heavy atom. The summed E-state index contributed by atoms with van der Waals surface area (Å²) in [7, 11) is -7.35. The van der Waals surface area contributed by atoms with Gasteiger partial charge in [0.05, 0.1) is 5.75 Å². The Kier molecular flexibility index (Phi) is 6.13. The van der Waals surface area contributed by atoms with Crippen molar-refractivity contribution < 1.29 is 21.2 Å². The molecule has 132 valence electrons. The molecule has 0 saturated carbocycles. The van der Waals surface area contributed by atoms with E-state index >= 15 is 0 Å². The van der Waals surface area contributed by atoms with Crippen LogP contribution in [0.15, 0.2) is 46.0 Å². The van der Waals surface area contributed by atoms with Crippen LogP contribution in [0.2, 0.25) is 0 Å². The maximum Gasteiger partial charge on any atom is 0.211 e. The van der Waals surface area contributed by atoms with Gasteiger partial charge in [-0.15, -0.1) is 11.3 Å². The van der Waals surface area contributed by atoms with E-state index < -0.39 is 30.9 Å². The predicted octanol–water partition coefficient (Wildman–Crippen LogP) is 2.73. The molecule has 1 unspecified atom stereocenters. The van der Waals surface area contributed by atoms with Gasteiger partial charge in [0.1, 0.15) is 15.3 Å². The molecule has 9 heteroatoms. The number of thiophene rings is 1. The van der Waals surface area contributed by atoms with Crippen molar-refractivity contribution in [3.05, 3.63) is 53.2 Å². The van der Waals surface area contributed by atoms with Crippen LogP contribution in [0.1, 0.15) is 24.2 Å². The Balaban J connectivity index is 2.37. The molecule has 24 heavy (non-hydrogen) atoms. The van der Waals surface area contributed by atoms with Crippen LogP contribution in [0.3, 0.4) is 0 Å². The number of sulfone groups is 1. The van der Waals surface area contributed by atoms with E-state index in [4.69, 9.17) is 0 Å². The zero-order valence-electron chi connectivity index (χ0n) is 13.0. The number of halogens is 1. The monoisotopic (exact) mass is 391 g/mol. The summed E-state index contributed by atoms with van der Waals surface area (Å²) in [6.45, 7) is 1.42. The Bertz CT molecular complexity index is 860. The smallest absolute Gasteiger partial charge is 0.211 e. The van der Waals surface area contributed by atoms with E-state index in [0.29, 0.717) is 12.0 Å². The maximum absolute atomic E-state index is 13.1. The lowest BCUT2D eigenvalue weighted by molar-refractivity contribution is 0.568. The van der Waals surface area contributed by atoms with Crippen LogP contribution in [-0.2, 0) is 19.9 Å². The molecule has 0 saturated heterocycles. The highest BCUT2D eigenvalue weighted by atomic mass is 32.2. The summed E-state index contributed by atoms with van der Waals surface area (Å²) in [5, 5.41) is 0.513. The molecular weight excluding hydrogens is 373 g/mol. The molecule has 0 bridgehead atoms. The molecule has 0 aliphatic carbocycles. The SMILES string of the molecule is CCCS(=O)(=O)NCC(c1ccc(F)cc1)S(=O)(=O)c1cccs1. The first-order valence-electron chi connectivity index (χ1n) is 7.26. The molecule has 0 aliphatic rings. The molecule has 1 N–H and O–H groups in total. The molecule has 0 radical (unpaired) electrons. The molecule has 0 fully saturated rings. The van der Waals surface area contributed by atoms with E-state index in [2.05, 4.69) is 4.72 Å². The lowest BCUT2D eigenvalue weighted by Crippen LogP contribution is -2.33. The Labute approximate surface area is 145 Å². The first-order valence-corrected chi connectivity index (χ1v) is 11.3. The number of nitrogens with one attached hydrogen (secondary N) is 1. The minimum atomic E-state index is -3.79. The van der Waals surface area contributed by atoms with Gasteiger partial charge in [-0.25, -0.2) is 25.9 Å². The van der Waals surface area contributed by atoms with Crippen LogP contribution >= 0.6 is 11.3 Å². The second kappa shape index (κ2) is 7.73. The van der Waals surface area contributed by atoms with Gasteiger partial charge in [0.15, 0.2) is 9.84 Å². The second-order valence-electron chi connectivity index (χ2n) is 5.18. The number of benzene rings is 1. The quantitative estimate of drug-likeness (QED) is 0.750. The molecule has 5 nitrogen and oxygen atoms in total. The molecule has 0 spiro atoms. The summed E-state index contributed by atoms with van der Waals surface area (Å²) in [4.78, 5) is 0. The number of rotatable bonds is 8. The van der Waals surface area contributed by atoms with Crippen LogP contribution in [0.5, 0.6) is 0 Å². The molecule has 0 amide bonds. The highest BCUT2D eigenvalue weighted by molar-refractivity contribution is 7.93. The fourth-order valence-electron chi connectivity index (χ4n) is 2.19. The number of hydrogen-bond acceptors (Lipinski definition) is 5. The van der Waals surface area contributed by atoms with Gasteiger partial charge in [-0.3, -0.25) is 0 Å². The maximum atomic E-state index is 13.1. The Morgan fingerprint density at radius 2 is 1.79 bits per heavy atom. The molecule has 1 heterocycles. The Morgan fingerprint density at radius 3 is 2.33 bits per heavy atom. The average Bonchev–Trinajstić information content (AvgIpc) is 3.04. The third kappa shape index (κ3) is 4.62. The van der Waals surface area contributed by atoms with Gasteiger partial charge in [-0.05, 0) is 35.6 Å². The van der Waals surface area contributed by atoms with Gasteiger partial charge in [-0.1, -0.05) is 25.1 Å². The zero-order valence-corrected chi connectivity index (χ0v) is 15.4. The van der Waals surface area contributed by atoms with E-state index in [1.807, 2.05) is 0 Å². The van der Waals surface area contributed by atoms with Crippen LogP contribution in [0.25, 0.3) is 0 Å². The third-order valence-electron chi connectivity index (χ3n) is 3.35. The topological polar surface area (TPSA) is 80.3 Å². The first kappa shape index (κ1) is 19.0. The summed E-state index contributed by atoms with van der Waals surface area (Å²) < 4.78 is 65.0. The van der Waals surface area contributed by atoms with Gasteiger partial charge >= 0.3 is 0 Å². The van der Waals surface area contributed by atoms with E-state index in [1.54, 1.807) is 18.4 Å². The number of sulfonamides is 1. The first-order chi connectivity index (χ1) is 11.3. The van der Waals surface area contributed by atoms with Crippen molar-refractivity contribution >= 4 is 31.2 Å². The Hall–Kier alpha value is -1.29. The predicted molar refractivity (Wildman–Crippen MR) is 92.7 cm³/mol. The summed E-state index contributed by atoms with van der Waals surface area (Å²) in [5.74, 6) is -0.570. The summed E-state index contributed by atoms with van der Waals surface area (Å²) >= 11 is 1.06. The van der Waals surface area contributed by atoms with Crippen LogP contribution in [-0.4, -0.2) is 29.1 Å². The van der Waals surface area contributed by atoms with Crippen LogP contribution in [0.4, 0.5) is 4.39 Å². The number of hydrogen-bond donors (Lipinski definition) is 1. The van der Waals surface area contributed by atoms with Crippen LogP contribution in [0, 0.1) is 5.82 Å². The van der Waals surface area contributed by atoms with E-state index in [-0.39, 0.29) is 16.5 Å². The molecule has 2 rings (SSSR count). The second-order valence-corrected chi connectivity index (χ2v) is 10.4. The normalized spacial score (nSPS) is 13.8. The molecule has 1 aromatic carbocycles. The van der Waals surface area contributed by atoms with E-state index in [0.717, 1.165) is 23.5 Å². The van der Waals surface area contributed by atoms with Crippen molar-refractivity contribution in [2.75, 3.05) is 12.3 Å². The van der Waals surface area contributed by atoms with Gasteiger partial charge in [0.25, 0.3) is 0 Å². The van der Waals surface area contributed by atoms with Gasteiger partial charge in [0.2, 0.25) is 10.0 Å². The summed E-state index contributed by atoms with van der Waals surface area (Å²) in [6.07, 6.45) is 0.425. The fraction of sp³-hybridized carbons (Fsp3) is 0.333. The third-order valence-corrected chi connectivity index (χ3v) is 8.44. The minimum Gasteiger partial charge on any atom is -0.222 e. The molecule has 1 atom stereocenters. The van der Waals surface area contributed by atoms with Crippen molar-refractivity contribution in [2.24, 2.45) is 0 Å². The molecule has 1 aromatic heterocycles. The van der Waals surface area contributed by atoms with E-state index in [1.165, 1.54) is 18.2 Å². The average molecular weight is 392 g/mol. The zero-order chi connectivity index (χ0) is 17.8. The lowest BCUT2D eigenvalue weighted by atomic mass is 10.1. The molecule has 2 aromatic rings. The summed E-state index contributed by atoms with van der Waals surface area (Å²) in [5.41, 5.74) is 0.337. The highest BCUT2D eigenvalue weighted by Crippen LogP contribution is 2.31. The summed E-state index contributed by atoms with van der Waals surface area (Å²) in [6, 6.07) is 8.12. The highest BCUT2D eigenvalue weighted by Gasteiger charge is 2.31. The fourth-order valence-corrected chi connectivity index (χ4v) is 6.27. The van der Waals surface area contributed by atoms with Crippen molar-refractivity contribution in [3.8, 4) is 0 Å². The standard InChI is InChI=1S/C15H18FNO4S3/c1-2-10-23(18,19)17-11-14(12-5-7-13(16)8-6-12)24(20,21)15-4-3-9-22-15/h3-9,14,17H,2,10-11H2,1H3. The van der Waals surface area contributed by atoms with Crippen LogP contribution < -0.4 is 4.72 Å².